The van der Waals surface area contributed by atoms with Crippen molar-refractivity contribution in [1.82, 2.24) is 15.0 Å². The molecule has 3 heterocycles. The molecule has 8 heteroatoms. The van der Waals surface area contributed by atoms with Crippen molar-refractivity contribution in [1.29, 1.82) is 0 Å². The van der Waals surface area contributed by atoms with E-state index in [1.807, 2.05) is 6.07 Å². The molecule has 0 bridgehead atoms. The molecule has 0 atom stereocenters. The Balaban J connectivity index is 1.68. The van der Waals surface area contributed by atoms with Gasteiger partial charge in [0.2, 0.25) is 5.95 Å². The second kappa shape index (κ2) is 6.56. The van der Waals surface area contributed by atoms with Crippen molar-refractivity contribution in [3.63, 3.8) is 0 Å². The number of aromatic nitrogens is 3. The zero-order valence-electron chi connectivity index (χ0n) is 15.0. The minimum Gasteiger partial charge on any atom is -0.493 e. The summed E-state index contributed by atoms with van der Waals surface area (Å²) in [5.74, 6) is 0.00335. The molecule has 0 fully saturated rings. The van der Waals surface area contributed by atoms with Gasteiger partial charge >= 0.3 is 0 Å². The Labute approximate surface area is 169 Å². The number of hydrogen-bond acceptors (Lipinski definition) is 5. The maximum absolute atomic E-state index is 14.6. The average molecular weight is 409 g/mol. The second-order valence-corrected chi connectivity index (χ2v) is 7.15. The number of nitrogens with two attached hydrogens (primary N) is 1. The summed E-state index contributed by atoms with van der Waals surface area (Å²) in [5, 5.41) is 1.37. The van der Waals surface area contributed by atoms with Crippen molar-refractivity contribution >= 4 is 28.2 Å². The number of ether oxygens (including phenoxy) is 1. The third kappa shape index (κ3) is 2.91. The molecular formula is C21H14ClFN4O2. The van der Waals surface area contributed by atoms with Gasteiger partial charge in [0.25, 0.3) is 5.56 Å². The van der Waals surface area contributed by atoms with Gasteiger partial charge in [-0.1, -0.05) is 17.7 Å². The van der Waals surface area contributed by atoms with Crippen molar-refractivity contribution in [2.75, 3.05) is 12.3 Å². The summed E-state index contributed by atoms with van der Waals surface area (Å²) < 4.78 is 20.1. The van der Waals surface area contributed by atoms with Crippen LogP contribution in [0.15, 0.2) is 47.4 Å². The third-order valence-electron chi connectivity index (χ3n) is 4.97. The molecule has 4 aromatic rings. The third-order valence-corrected chi connectivity index (χ3v) is 5.28. The Hall–Kier alpha value is -3.45. The molecule has 1 aliphatic rings. The van der Waals surface area contributed by atoms with Crippen molar-refractivity contribution in [3.05, 3.63) is 69.5 Å². The maximum Gasteiger partial charge on any atom is 0.255 e. The number of aromatic amines is 1. The first-order valence-electron chi connectivity index (χ1n) is 8.91. The summed E-state index contributed by atoms with van der Waals surface area (Å²) in [6.45, 7) is 0.608. The summed E-state index contributed by atoms with van der Waals surface area (Å²) in [7, 11) is 0. The molecule has 1 aliphatic heterocycles. The van der Waals surface area contributed by atoms with Crippen LogP contribution < -0.4 is 16.0 Å². The first-order chi connectivity index (χ1) is 14.0. The molecule has 29 heavy (non-hydrogen) atoms. The molecule has 0 saturated carbocycles. The molecule has 6 nitrogen and oxygen atoms in total. The van der Waals surface area contributed by atoms with Crippen LogP contribution in [0.1, 0.15) is 5.56 Å². The van der Waals surface area contributed by atoms with Crippen molar-refractivity contribution < 1.29 is 9.13 Å². The number of nitrogen functional groups attached to an aromatic ring is 1. The lowest BCUT2D eigenvalue weighted by Gasteiger charge is -2.10. The summed E-state index contributed by atoms with van der Waals surface area (Å²) >= 11 is 6.23. The van der Waals surface area contributed by atoms with Crippen molar-refractivity contribution in [2.24, 2.45) is 0 Å². The van der Waals surface area contributed by atoms with E-state index < -0.39 is 5.95 Å². The number of hydrogen-bond donors (Lipinski definition) is 2. The van der Waals surface area contributed by atoms with Crippen LogP contribution in [0.5, 0.6) is 5.75 Å². The van der Waals surface area contributed by atoms with Gasteiger partial charge in [-0.2, -0.15) is 9.37 Å². The smallest absolute Gasteiger partial charge is 0.255 e. The van der Waals surface area contributed by atoms with Crippen LogP contribution in [0.2, 0.25) is 5.02 Å². The highest BCUT2D eigenvalue weighted by Gasteiger charge is 2.19. The Kier molecular flexibility index (Phi) is 3.99. The van der Waals surface area contributed by atoms with Gasteiger partial charge in [-0.15, -0.1) is 0 Å². The number of H-pyrrole nitrogens is 1. The fraction of sp³-hybridized carbons (Fsp3) is 0.0952. The van der Waals surface area contributed by atoms with Gasteiger partial charge in [0.1, 0.15) is 17.1 Å². The second-order valence-electron chi connectivity index (χ2n) is 6.74. The van der Waals surface area contributed by atoms with Gasteiger partial charge in [0, 0.05) is 34.5 Å². The molecule has 0 aliphatic carbocycles. The number of benzene rings is 2. The molecule has 0 unspecified atom stereocenters. The summed E-state index contributed by atoms with van der Waals surface area (Å²) in [4.78, 5) is 22.9. The predicted octanol–water partition coefficient (Wildman–Crippen LogP) is 3.96. The van der Waals surface area contributed by atoms with Crippen LogP contribution in [-0.4, -0.2) is 21.6 Å². The number of pyridine rings is 1. The van der Waals surface area contributed by atoms with E-state index in [1.54, 1.807) is 30.3 Å². The van der Waals surface area contributed by atoms with Crippen LogP contribution in [0.25, 0.3) is 33.3 Å². The van der Waals surface area contributed by atoms with E-state index in [0.717, 1.165) is 17.7 Å². The molecule has 2 aromatic heterocycles. The summed E-state index contributed by atoms with van der Waals surface area (Å²) in [6, 6.07) is 10.4. The van der Waals surface area contributed by atoms with E-state index in [0.29, 0.717) is 39.2 Å². The van der Waals surface area contributed by atoms with Crippen molar-refractivity contribution in [3.8, 4) is 28.3 Å². The van der Waals surface area contributed by atoms with Crippen LogP contribution in [0.3, 0.4) is 0 Å². The fourth-order valence-corrected chi connectivity index (χ4v) is 3.74. The Bertz CT molecular complexity index is 1350. The van der Waals surface area contributed by atoms with Gasteiger partial charge in [-0.25, -0.2) is 4.98 Å². The van der Waals surface area contributed by atoms with E-state index in [9.17, 15) is 9.18 Å². The number of halogens is 2. The number of nitrogens with one attached hydrogen (secondary N) is 1. The molecule has 3 N–H and O–H groups in total. The zero-order chi connectivity index (χ0) is 20.1. The molecule has 0 saturated heterocycles. The topological polar surface area (TPSA) is 93.9 Å². The molecule has 0 spiro atoms. The molecule has 0 amide bonds. The largest absolute Gasteiger partial charge is 0.493 e. The van der Waals surface area contributed by atoms with E-state index in [-0.39, 0.29) is 17.1 Å². The first kappa shape index (κ1) is 17.6. The summed E-state index contributed by atoms with van der Waals surface area (Å²) in [5.41, 5.74) is 8.30. The molecule has 0 radical (unpaired) electrons. The highest BCUT2D eigenvalue weighted by molar-refractivity contribution is 6.35. The van der Waals surface area contributed by atoms with Crippen LogP contribution in [0, 0.1) is 5.95 Å². The van der Waals surface area contributed by atoms with Crippen LogP contribution >= 0.6 is 11.6 Å². The number of fused-ring (bicyclic) bond motifs is 2. The van der Waals surface area contributed by atoms with Gasteiger partial charge in [0.05, 0.1) is 11.6 Å². The normalized spacial score (nSPS) is 12.8. The SMILES string of the molecule is Nc1nc(F)c(-c2ccc3c(c2)CCO3)nc1-c1ccc2c(=O)[nH]cc(Cl)c2c1. The lowest BCUT2D eigenvalue weighted by Crippen LogP contribution is -2.06. The molecule has 2 aromatic carbocycles. The minimum absolute atomic E-state index is 0.0453. The molecular weight excluding hydrogens is 395 g/mol. The van der Waals surface area contributed by atoms with Crippen LogP contribution in [-0.2, 0) is 6.42 Å². The van der Waals surface area contributed by atoms with Gasteiger partial charge < -0.3 is 15.5 Å². The number of rotatable bonds is 2. The van der Waals surface area contributed by atoms with Crippen LogP contribution in [0.4, 0.5) is 10.2 Å². The summed E-state index contributed by atoms with van der Waals surface area (Å²) in [6.07, 6.45) is 2.19. The zero-order valence-corrected chi connectivity index (χ0v) is 15.8. The van der Waals surface area contributed by atoms with Gasteiger partial charge in [-0.3, -0.25) is 4.79 Å². The Morgan fingerprint density at radius 1 is 1.07 bits per heavy atom. The lowest BCUT2D eigenvalue weighted by molar-refractivity contribution is 0.357. The Morgan fingerprint density at radius 2 is 1.86 bits per heavy atom. The van der Waals surface area contributed by atoms with Crippen molar-refractivity contribution in [2.45, 2.75) is 6.42 Å². The van der Waals surface area contributed by atoms with E-state index in [1.165, 1.54) is 6.20 Å². The lowest BCUT2D eigenvalue weighted by atomic mass is 10.0. The number of anilines is 1. The van der Waals surface area contributed by atoms with E-state index in [2.05, 4.69) is 15.0 Å². The fourth-order valence-electron chi connectivity index (χ4n) is 3.53. The maximum atomic E-state index is 14.6. The molecule has 144 valence electrons. The van der Waals surface area contributed by atoms with E-state index >= 15 is 0 Å². The van der Waals surface area contributed by atoms with Gasteiger partial charge in [-0.05, 0) is 35.9 Å². The first-order valence-corrected chi connectivity index (χ1v) is 9.29. The predicted molar refractivity (Wildman–Crippen MR) is 110 cm³/mol. The molecule has 5 rings (SSSR count). The van der Waals surface area contributed by atoms with Gasteiger partial charge in [0.15, 0.2) is 5.82 Å². The Morgan fingerprint density at radius 3 is 2.72 bits per heavy atom. The van der Waals surface area contributed by atoms with E-state index in [4.69, 9.17) is 22.1 Å². The number of nitrogens with zero attached hydrogens (tertiary/aromatic N) is 2. The highest BCUT2D eigenvalue weighted by Crippen LogP contribution is 2.34. The monoisotopic (exact) mass is 408 g/mol. The standard InChI is InChI=1S/C21H14ClFN4O2/c22-15-9-25-21(28)13-3-1-12(8-14(13)15)18-20(24)27-19(23)17(26-18)11-2-4-16-10(7-11)5-6-29-16/h1-4,7-9H,5-6H2,(H2,24,27)(H,25,28). The average Bonchev–Trinajstić information content (AvgIpc) is 3.18. The quantitative estimate of drug-likeness (QED) is 0.523. The highest BCUT2D eigenvalue weighted by atomic mass is 35.5. The minimum atomic E-state index is -0.750.